The topological polar surface area (TPSA) is 86.9 Å². The van der Waals surface area contributed by atoms with Crippen molar-refractivity contribution in [2.24, 2.45) is 0 Å². The first kappa shape index (κ1) is 28.6. The van der Waals surface area contributed by atoms with Gasteiger partial charge >= 0.3 is 0 Å². The van der Waals surface area contributed by atoms with E-state index < -0.39 is 0 Å². The van der Waals surface area contributed by atoms with Gasteiger partial charge in [-0.3, -0.25) is 4.79 Å². The van der Waals surface area contributed by atoms with Crippen LogP contribution in [0.5, 0.6) is 0 Å². The van der Waals surface area contributed by atoms with Crippen molar-refractivity contribution in [2.75, 3.05) is 69.5 Å². The number of aliphatic hydroxyl groups excluding tert-OH is 1. The van der Waals surface area contributed by atoms with Crippen LogP contribution in [0.25, 0.3) is 17.0 Å². The minimum Gasteiger partial charge on any atom is -0.395 e. The highest BCUT2D eigenvalue weighted by molar-refractivity contribution is 7.96. The van der Waals surface area contributed by atoms with Crippen molar-refractivity contribution in [3.05, 3.63) is 70.5 Å². The summed E-state index contributed by atoms with van der Waals surface area (Å²) in [5.41, 5.74) is 4.08. The Morgan fingerprint density at radius 1 is 1.21 bits per heavy atom. The summed E-state index contributed by atoms with van der Waals surface area (Å²) in [5, 5.41) is 19.9. The Balaban J connectivity index is 1.77. The molecule has 0 spiro atoms. The number of hydrogen-bond acceptors (Lipinski definition) is 10. The number of piperazine rings is 1. The minimum absolute atomic E-state index is 0.0329. The highest BCUT2D eigenvalue weighted by Crippen LogP contribution is 2.37. The van der Waals surface area contributed by atoms with E-state index in [0.717, 1.165) is 43.7 Å². The van der Waals surface area contributed by atoms with Gasteiger partial charge in [-0.15, -0.1) is 0 Å². The van der Waals surface area contributed by atoms with E-state index in [2.05, 4.69) is 21.5 Å². The van der Waals surface area contributed by atoms with Gasteiger partial charge in [0, 0.05) is 75.4 Å². The number of rotatable bonds is 10. The summed E-state index contributed by atoms with van der Waals surface area (Å²) in [5.74, 6) is -0.363. The molecule has 1 fully saturated rings. The fraction of sp³-hybridized carbons (Fsp3) is 0.321. The lowest BCUT2D eigenvalue weighted by molar-refractivity contribution is 0.112. The van der Waals surface area contributed by atoms with Gasteiger partial charge in [0.1, 0.15) is 22.5 Å². The average Bonchev–Trinajstić information content (AvgIpc) is 3.40. The molecular formula is C28H31FN6O2S2. The SMILES string of the molecule is CSN1CCN(c2ccc(C=O)c(/C(=C\N(C)CCO)N(C)c3nc(-c4ccc(F)cc4)c(C#N)s3)c2)CC1. The molecule has 8 nitrogen and oxygen atoms in total. The van der Waals surface area contributed by atoms with Crippen LogP contribution in [0, 0.1) is 17.1 Å². The Morgan fingerprint density at radius 2 is 1.92 bits per heavy atom. The van der Waals surface area contributed by atoms with Gasteiger partial charge < -0.3 is 19.8 Å². The Labute approximate surface area is 236 Å². The molecule has 4 rings (SSSR count). The molecule has 0 atom stereocenters. The molecule has 1 aliphatic rings. The van der Waals surface area contributed by atoms with Crippen molar-refractivity contribution in [3.63, 3.8) is 0 Å². The van der Waals surface area contributed by atoms with Crippen LogP contribution in [0.3, 0.4) is 0 Å². The molecule has 0 saturated carbocycles. The minimum atomic E-state index is -0.363. The summed E-state index contributed by atoms with van der Waals surface area (Å²) >= 11 is 2.97. The number of thiazole rings is 1. The molecule has 0 bridgehead atoms. The van der Waals surface area contributed by atoms with Crippen molar-refractivity contribution < 1.29 is 14.3 Å². The van der Waals surface area contributed by atoms with Crippen molar-refractivity contribution in [3.8, 4) is 17.3 Å². The van der Waals surface area contributed by atoms with E-state index in [1.807, 2.05) is 48.3 Å². The number of carbonyl (C=O) groups excluding carboxylic acids is 1. The van der Waals surface area contributed by atoms with E-state index >= 15 is 0 Å². The van der Waals surface area contributed by atoms with Gasteiger partial charge in [-0.1, -0.05) is 23.3 Å². The number of nitriles is 1. The first-order valence-corrected chi connectivity index (χ1v) is 14.5. The summed E-state index contributed by atoms with van der Waals surface area (Å²) in [6.45, 7) is 3.99. The predicted molar refractivity (Wildman–Crippen MR) is 157 cm³/mol. The molecule has 1 aromatic heterocycles. The number of likely N-dealkylation sites (N-methyl/N-ethyl adjacent to an activating group) is 1. The Bertz CT molecular complexity index is 1360. The number of anilines is 2. The molecular weight excluding hydrogens is 535 g/mol. The maximum Gasteiger partial charge on any atom is 0.191 e. The van der Waals surface area contributed by atoms with Gasteiger partial charge in [-0.25, -0.2) is 13.7 Å². The fourth-order valence-electron chi connectivity index (χ4n) is 4.40. The predicted octanol–water partition coefficient (Wildman–Crippen LogP) is 4.39. The summed E-state index contributed by atoms with van der Waals surface area (Å²) < 4.78 is 15.8. The molecule has 1 saturated heterocycles. The Hall–Kier alpha value is -3.43. The normalized spacial score (nSPS) is 14.3. The van der Waals surface area contributed by atoms with Crippen LogP contribution >= 0.6 is 23.3 Å². The number of aldehydes is 1. The van der Waals surface area contributed by atoms with Crippen LogP contribution in [-0.2, 0) is 0 Å². The smallest absolute Gasteiger partial charge is 0.191 e. The molecule has 39 heavy (non-hydrogen) atoms. The summed E-state index contributed by atoms with van der Waals surface area (Å²) in [7, 11) is 3.69. The third-order valence-electron chi connectivity index (χ3n) is 6.58. The van der Waals surface area contributed by atoms with Crippen LogP contribution < -0.4 is 9.80 Å². The summed E-state index contributed by atoms with van der Waals surface area (Å²) in [6.07, 6.45) is 4.80. The van der Waals surface area contributed by atoms with E-state index in [1.165, 1.54) is 23.5 Å². The molecule has 1 aliphatic heterocycles. The summed E-state index contributed by atoms with van der Waals surface area (Å²) in [6, 6.07) is 13.9. The van der Waals surface area contributed by atoms with Crippen molar-refractivity contribution in [1.29, 1.82) is 5.26 Å². The summed E-state index contributed by atoms with van der Waals surface area (Å²) in [4.78, 5) is 23.3. The number of halogens is 1. The molecule has 204 valence electrons. The highest BCUT2D eigenvalue weighted by Gasteiger charge is 2.23. The zero-order valence-corrected chi connectivity index (χ0v) is 23.8. The molecule has 3 aromatic rings. The van der Waals surface area contributed by atoms with E-state index in [4.69, 9.17) is 4.98 Å². The number of aromatic nitrogens is 1. The van der Waals surface area contributed by atoms with Gasteiger partial charge in [0.05, 0.1) is 12.3 Å². The molecule has 0 aliphatic carbocycles. The molecule has 11 heteroatoms. The Kier molecular flexibility index (Phi) is 9.59. The number of benzene rings is 2. The largest absolute Gasteiger partial charge is 0.395 e. The van der Waals surface area contributed by atoms with Crippen LogP contribution in [0.1, 0.15) is 20.8 Å². The standard InChI is InChI=1S/C28H31FN6O2S2/c1-32(14-15-36)18-25(24-16-23(9-6-21(24)19-37)34-10-12-35(38-3)13-11-34)33(2)28-31-27(26(17-30)39-28)20-4-7-22(29)8-5-20/h4-9,16,18-19,36H,10-15H2,1-3H3/b25-18+. The lowest BCUT2D eigenvalue weighted by atomic mass is 10.0. The lowest BCUT2D eigenvalue weighted by Crippen LogP contribution is -2.43. The van der Waals surface area contributed by atoms with Gasteiger partial charge in [0.25, 0.3) is 0 Å². The Morgan fingerprint density at radius 3 is 2.54 bits per heavy atom. The van der Waals surface area contributed by atoms with Crippen molar-refractivity contribution in [2.45, 2.75) is 0 Å². The second kappa shape index (κ2) is 13.1. The molecule has 0 unspecified atom stereocenters. The lowest BCUT2D eigenvalue weighted by Gasteiger charge is -2.35. The van der Waals surface area contributed by atoms with Crippen LogP contribution in [0.2, 0.25) is 0 Å². The van der Waals surface area contributed by atoms with Crippen molar-refractivity contribution in [1.82, 2.24) is 14.2 Å². The second-order valence-electron chi connectivity index (χ2n) is 9.06. The first-order chi connectivity index (χ1) is 18.9. The van der Waals surface area contributed by atoms with Gasteiger partial charge in [0.15, 0.2) is 11.4 Å². The number of aliphatic hydroxyl groups is 1. The average molecular weight is 567 g/mol. The van der Waals surface area contributed by atoms with E-state index in [1.54, 1.807) is 24.1 Å². The zero-order chi connectivity index (χ0) is 27.9. The van der Waals surface area contributed by atoms with Crippen LogP contribution in [0.4, 0.5) is 15.2 Å². The van der Waals surface area contributed by atoms with Gasteiger partial charge in [0.2, 0.25) is 0 Å². The van der Waals surface area contributed by atoms with E-state index in [0.29, 0.717) is 39.1 Å². The molecule has 0 amide bonds. The van der Waals surface area contributed by atoms with Crippen LogP contribution in [-0.4, -0.2) is 85.3 Å². The second-order valence-corrected chi connectivity index (χ2v) is 10.9. The molecule has 1 N–H and O–H groups in total. The number of carbonyl (C=O) groups is 1. The maximum atomic E-state index is 13.5. The molecule has 0 radical (unpaired) electrons. The van der Waals surface area contributed by atoms with E-state index in [-0.39, 0.29) is 12.4 Å². The quantitative estimate of drug-likeness (QED) is 0.284. The van der Waals surface area contributed by atoms with Gasteiger partial charge in [-0.05, 0) is 48.7 Å². The van der Waals surface area contributed by atoms with E-state index in [9.17, 15) is 19.6 Å². The number of nitrogens with zero attached hydrogens (tertiary/aromatic N) is 6. The third kappa shape index (κ3) is 6.59. The maximum absolute atomic E-state index is 13.5. The number of hydrogen-bond donors (Lipinski definition) is 1. The monoisotopic (exact) mass is 566 g/mol. The first-order valence-electron chi connectivity index (χ1n) is 12.5. The van der Waals surface area contributed by atoms with Crippen LogP contribution in [0.15, 0.2) is 48.7 Å². The fourth-order valence-corrected chi connectivity index (χ4v) is 5.79. The van der Waals surface area contributed by atoms with Crippen molar-refractivity contribution >= 4 is 46.1 Å². The molecule has 2 aromatic carbocycles. The molecule has 2 heterocycles. The highest BCUT2D eigenvalue weighted by atomic mass is 32.2. The third-order valence-corrected chi connectivity index (χ3v) is 8.50. The zero-order valence-electron chi connectivity index (χ0n) is 22.2. The van der Waals surface area contributed by atoms with Gasteiger partial charge in [-0.2, -0.15) is 5.26 Å².